The monoisotopic (exact) mass is 323 g/mol. The van der Waals surface area contributed by atoms with Crippen molar-refractivity contribution in [1.29, 1.82) is 0 Å². The summed E-state index contributed by atoms with van der Waals surface area (Å²) in [6.07, 6.45) is 0. The Morgan fingerprint density at radius 3 is 2.35 bits per heavy atom. The Hall–Kier alpha value is -1.67. The number of carboxylic acids is 1. The zero-order chi connectivity index (χ0) is 15.7. The van der Waals surface area contributed by atoms with E-state index in [9.17, 15) is 22.4 Å². The van der Waals surface area contributed by atoms with Crippen LogP contribution in [0.25, 0.3) is 0 Å². The minimum atomic E-state index is -4.33. The van der Waals surface area contributed by atoms with Crippen LogP contribution in [0.5, 0.6) is 0 Å². The third-order valence-electron chi connectivity index (χ3n) is 2.38. The summed E-state index contributed by atoms with van der Waals surface area (Å²) in [5, 5.41) is 8.53. The van der Waals surface area contributed by atoms with Gasteiger partial charge in [0.05, 0.1) is 5.56 Å². The molecule has 110 valence electrons. The van der Waals surface area contributed by atoms with Crippen molar-refractivity contribution >= 4 is 33.3 Å². The highest BCUT2D eigenvalue weighted by molar-refractivity contribution is 7.92. The van der Waals surface area contributed by atoms with Crippen molar-refractivity contribution in [2.75, 3.05) is 19.8 Å². The van der Waals surface area contributed by atoms with Crippen molar-refractivity contribution in [1.82, 2.24) is 4.90 Å². The first-order chi connectivity index (χ1) is 9.06. The molecular weight excluding hydrogens is 313 g/mol. The highest BCUT2D eigenvalue weighted by atomic mass is 35.5. The molecule has 0 spiro atoms. The van der Waals surface area contributed by atoms with E-state index in [1.54, 1.807) is 0 Å². The lowest BCUT2D eigenvalue weighted by Crippen LogP contribution is -2.29. The Kier molecular flexibility index (Phi) is 4.72. The van der Waals surface area contributed by atoms with Gasteiger partial charge in [-0.3, -0.25) is 4.79 Å². The SMILES string of the molecule is CN(C)C(=O)CS(=O)(=O)c1cc(Cl)cc(C(=O)O)c1F. The van der Waals surface area contributed by atoms with Gasteiger partial charge in [-0.25, -0.2) is 17.6 Å². The molecule has 1 rings (SSSR count). The Bertz CT molecular complexity index is 672. The van der Waals surface area contributed by atoms with E-state index in [0.29, 0.717) is 0 Å². The molecule has 0 bridgehead atoms. The van der Waals surface area contributed by atoms with Gasteiger partial charge < -0.3 is 10.0 Å². The maximum atomic E-state index is 13.9. The van der Waals surface area contributed by atoms with Crippen molar-refractivity contribution in [3.05, 3.63) is 28.5 Å². The lowest BCUT2D eigenvalue weighted by molar-refractivity contribution is -0.125. The fraction of sp³-hybridized carbons (Fsp3) is 0.273. The van der Waals surface area contributed by atoms with Gasteiger partial charge in [-0.15, -0.1) is 0 Å². The van der Waals surface area contributed by atoms with Gasteiger partial charge in [0, 0.05) is 19.1 Å². The predicted molar refractivity (Wildman–Crippen MR) is 69.1 cm³/mol. The second-order valence-corrected chi connectivity index (χ2v) is 6.51. The van der Waals surface area contributed by atoms with Gasteiger partial charge in [0.2, 0.25) is 5.91 Å². The molecule has 0 radical (unpaired) electrons. The van der Waals surface area contributed by atoms with Crippen LogP contribution in [0.15, 0.2) is 17.0 Å². The second-order valence-electron chi connectivity index (χ2n) is 4.12. The average Bonchev–Trinajstić information content (AvgIpc) is 2.30. The summed E-state index contributed by atoms with van der Waals surface area (Å²) in [4.78, 5) is 22.4. The molecule has 0 aliphatic heterocycles. The fourth-order valence-corrected chi connectivity index (χ4v) is 3.03. The summed E-state index contributed by atoms with van der Waals surface area (Å²) in [6, 6.07) is 1.58. The molecule has 1 aromatic rings. The molecule has 1 N–H and O–H groups in total. The fourth-order valence-electron chi connectivity index (χ4n) is 1.32. The molecule has 0 unspecified atom stereocenters. The Balaban J connectivity index is 3.39. The molecule has 0 aliphatic rings. The van der Waals surface area contributed by atoms with E-state index in [0.717, 1.165) is 17.0 Å². The van der Waals surface area contributed by atoms with Gasteiger partial charge in [-0.05, 0) is 12.1 Å². The van der Waals surface area contributed by atoms with Crippen LogP contribution in [0.3, 0.4) is 0 Å². The molecule has 0 atom stereocenters. The van der Waals surface area contributed by atoms with Crippen LogP contribution in [-0.2, 0) is 14.6 Å². The minimum absolute atomic E-state index is 0.250. The second kappa shape index (κ2) is 5.76. The van der Waals surface area contributed by atoms with Crippen LogP contribution < -0.4 is 0 Å². The van der Waals surface area contributed by atoms with Crippen LogP contribution in [0.2, 0.25) is 5.02 Å². The largest absolute Gasteiger partial charge is 0.478 e. The van der Waals surface area contributed by atoms with Crippen molar-refractivity contribution in [3.63, 3.8) is 0 Å². The third-order valence-corrected chi connectivity index (χ3v) is 4.19. The standard InChI is InChI=1S/C11H11ClFNO5S/c1-14(2)9(15)5-20(18,19)8-4-6(12)3-7(10(8)13)11(16)17/h3-4H,5H2,1-2H3,(H,16,17). The molecular formula is C11H11ClFNO5S. The zero-order valence-corrected chi connectivity index (χ0v) is 12.1. The first-order valence-corrected chi connectivity index (χ1v) is 7.24. The highest BCUT2D eigenvalue weighted by Crippen LogP contribution is 2.25. The maximum absolute atomic E-state index is 13.9. The molecule has 0 aliphatic carbocycles. The lowest BCUT2D eigenvalue weighted by Gasteiger charge is -2.12. The summed E-state index contributed by atoms with van der Waals surface area (Å²) in [5.41, 5.74) is -0.867. The van der Waals surface area contributed by atoms with Crippen molar-refractivity contribution in [3.8, 4) is 0 Å². The smallest absolute Gasteiger partial charge is 0.338 e. The average molecular weight is 324 g/mol. The number of rotatable bonds is 4. The van der Waals surface area contributed by atoms with E-state index in [2.05, 4.69) is 0 Å². The summed E-state index contributed by atoms with van der Waals surface area (Å²) >= 11 is 5.58. The number of aromatic carboxylic acids is 1. The zero-order valence-electron chi connectivity index (χ0n) is 10.6. The molecule has 0 aromatic heterocycles. The van der Waals surface area contributed by atoms with Gasteiger partial charge >= 0.3 is 5.97 Å². The summed E-state index contributed by atoms with van der Waals surface area (Å²) in [5.74, 6) is -4.83. The number of amides is 1. The number of hydrogen-bond donors (Lipinski definition) is 1. The number of halogens is 2. The third kappa shape index (κ3) is 3.45. The maximum Gasteiger partial charge on any atom is 0.338 e. The number of carbonyl (C=O) groups is 2. The molecule has 0 saturated heterocycles. The molecule has 0 fully saturated rings. The Morgan fingerprint density at radius 2 is 1.90 bits per heavy atom. The topological polar surface area (TPSA) is 91.8 Å². The van der Waals surface area contributed by atoms with E-state index in [-0.39, 0.29) is 5.02 Å². The van der Waals surface area contributed by atoms with Crippen molar-refractivity contribution < 1.29 is 27.5 Å². The molecule has 6 nitrogen and oxygen atoms in total. The van der Waals surface area contributed by atoms with Crippen LogP contribution in [0.1, 0.15) is 10.4 Å². The highest BCUT2D eigenvalue weighted by Gasteiger charge is 2.27. The van der Waals surface area contributed by atoms with Gasteiger partial charge in [0.25, 0.3) is 0 Å². The van der Waals surface area contributed by atoms with Crippen LogP contribution in [0, 0.1) is 5.82 Å². The number of benzene rings is 1. The predicted octanol–water partition coefficient (Wildman–Crippen LogP) is 1.04. The molecule has 1 amide bonds. The van der Waals surface area contributed by atoms with Crippen LogP contribution >= 0.6 is 11.6 Å². The number of carboxylic acid groups (broad SMARTS) is 1. The molecule has 9 heteroatoms. The quantitative estimate of drug-likeness (QED) is 0.893. The molecule has 1 aromatic carbocycles. The Morgan fingerprint density at radius 1 is 1.35 bits per heavy atom. The van der Waals surface area contributed by atoms with Crippen molar-refractivity contribution in [2.24, 2.45) is 0 Å². The van der Waals surface area contributed by atoms with Crippen molar-refractivity contribution in [2.45, 2.75) is 4.90 Å². The lowest BCUT2D eigenvalue weighted by atomic mass is 10.2. The van der Waals surface area contributed by atoms with E-state index >= 15 is 0 Å². The summed E-state index contributed by atoms with van der Waals surface area (Å²) < 4.78 is 37.8. The number of hydrogen-bond acceptors (Lipinski definition) is 4. The normalized spacial score (nSPS) is 11.2. The molecule has 0 saturated carbocycles. The van der Waals surface area contributed by atoms with Gasteiger partial charge in [-0.2, -0.15) is 0 Å². The number of sulfone groups is 1. The van der Waals surface area contributed by atoms with Crippen LogP contribution in [-0.4, -0.2) is 50.1 Å². The van der Waals surface area contributed by atoms with Gasteiger partial charge in [-0.1, -0.05) is 11.6 Å². The van der Waals surface area contributed by atoms with E-state index in [4.69, 9.17) is 16.7 Å². The van der Waals surface area contributed by atoms with Gasteiger partial charge in [0.15, 0.2) is 15.7 Å². The minimum Gasteiger partial charge on any atom is -0.478 e. The summed E-state index contributed by atoms with van der Waals surface area (Å²) in [7, 11) is -1.64. The Labute approximate surface area is 119 Å². The number of carbonyl (C=O) groups excluding carboxylic acids is 1. The first kappa shape index (κ1) is 16.4. The van der Waals surface area contributed by atoms with E-state index in [1.165, 1.54) is 14.1 Å². The molecule has 20 heavy (non-hydrogen) atoms. The van der Waals surface area contributed by atoms with Gasteiger partial charge in [0.1, 0.15) is 10.6 Å². The van der Waals surface area contributed by atoms with E-state index in [1.807, 2.05) is 0 Å². The summed E-state index contributed by atoms with van der Waals surface area (Å²) in [6.45, 7) is 0. The van der Waals surface area contributed by atoms with E-state index < -0.39 is 43.7 Å². The first-order valence-electron chi connectivity index (χ1n) is 5.21. The number of nitrogens with zero attached hydrogens (tertiary/aromatic N) is 1. The molecule has 0 heterocycles. The van der Waals surface area contributed by atoms with Crippen LogP contribution in [0.4, 0.5) is 4.39 Å².